The standard InChI is InChI=1S/C18H22N2/c1-14-12-16-4-2-3-5-18(16)20(13-14)11-10-15-6-8-17(19)9-7-15/h2-9,14H,10-13,19H2,1H3. The maximum atomic E-state index is 5.74. The molecule has 0 bridgehead atoms. The molecule has 2 heteroatoms. The first-order valence-electron chi connectivity index (χ1n) is 7.39. The molecule has 0 fully saturated rings. The van der Waals surface area contributed by atoms with E-state index >= 15 is 0 Å². The van der Waals surface area contributed by atoms with Crippen LogP contribution in [-0.4, -0.2) is 13.1 Å². The summed E-state index contributed by atoms with van der Waals surface area (Å²) in [4.78, 5) is 2.53. The summed E-state index contributed by atoms with van der Waals surface area (Å²) in [6, 6.07) is 17.1. The minimum Gasteiger partial charge on any atom is -0.399 e. The number of fused-ring (bicyclic) bond motifs is 1. The van der Waals surface area contributed by atoms with Gasteiger partial charge in [-0.25, -0.2) is 0 Å². The van der Waals surface area contributed by atoms with Gasteiger partial charge in [0.15, 0.2) is 0 Å². The Morgan fingerprint density at radius 3 is 2.65 bits per heavy atom. The highest BCUT2D eigenvalue weighted by Gasteiger charge is 2.20. The molecule has 2 nitrogen and oxygen atoms in total. The van der Waals surface area contributed by atoms with Crippen molar-refractivity contribution >= 4 is 11.4 Å². The van der Waals surface area contributed by atoms with Crippen molar-refractivity contribution in [2.75, 3.05) is 23.7 Å². The lowest BCUT2D eigenvalue weighted by atomic mass is 9.93. The van der Waals surface area contributed by atoms with Gasteiger partial charge in [-0.2, -0.15) is 0 Å². The molecule has 0 aromatic heterocycles. The van der Waals surface area contributed by atoms with Crippen molar-refractivity contribution in [2.45, 2.75) is 19.8 Å². The Morgan fingerprint density at radius 2 is 1.85 bits per heavy atom. The largest absolute Gasteiger partial charge is 0.399 e. The molecular formula is C18H22N2. The summed E-state index contributed by atoms with van der Waals surface area (Å²) in [5.41, 5.74) is 10.8. The fourth-order valence-electron chi connectivity index (χ4n) is 3.07. The van der Waals surface area contributed by atoms with Crippen LogP contribution < -0.4 is 10.6 Å². The second-order valence-electron chi connectivity index (χ2n) is 5.88. The molecule has 1 heterocycles. The van der Waals surface area contributed by atoms with Crippen LogP contribution in [0.4, 0.5) is 11.4 Å². The Kier molecular flexibility index (Phi) is 3.64. The highest BCUT2D eigenvalue weighted by atomic mass is 15.1. The van der Waals surface area contributed by atoms with Gasteiger partial charge in [-0.1, -0.05) is 37.3 Å². The topological polar surface area (TPSA) is 29.3 Å². The van der Waals surface area contributed by atoms with Crippen molar-refractivity contribution in [3.8, 4) is 0 Å². The van der Waals surface area contributed by atoms with Gasteiger partial charge in [-0.3, -0.25) is 0 Å². The summed E-state index contributed by atoms with van der Waals surface area (Å²) in [5, 5.41) is 0. The van der Waals surface area contributed by atoms with E-state index in [4.69, 9.17) is 5.73 Å². The third kappa shape index (κ3) is 2.79. The van der Waals surface area contributed by atoms with Crippen LogP contribution in [0.25, 0.3) is 0 Å². The van der Waals surface area contributed by atoms with Crippen molar-refractivity contribution < 1.29 is 0 Å². The van der Waals surface area contributed by atoms with Crippen LogP contribution in [0.15, 0.2) is 48.5 Å². The van der Waals surface area contributed by atoms with Crippen molar-refractivity contribution in [3.05, 3.63) is 59.7 Å². The fraction of sp³-hybridized carbons (Fsp3) is 0.333. The van der Waals surface area contributed by atoms with E-state index in [-0.39, 0.29) is 0 Å². The molecule has 3 rings (SSSR count). The summed E-state index contributed by atoms with van der Waals surface area (Å²) in [5.74, 6) is 0.733. The van der Waals surface area contributed by atoms with Gasteiger partial charge < -0.3 is 10.6 Å². The van der Waals surface area contributed by atoms with E-state index in [0.717, 1.165) is 31.1 Å². The summed E-state index contributed by atoms with van der Waals surface area (Å²) in [7, 11) is 0. The second-order valence-corrected chi connectivity index (χ2v) is 5.88. The van der Waals surface area contributed by atoms with E-state index in [1.54, 1.807) is 0 Å². The van der Waals surface area contributed by atoms with Gasteiger partial charge >= 0.3 is 0 Å². The number of rotatable bonds is 3. The molecule has 1 unspecified atom stereocenters. The number of nitrogen functional groups attached to an aromatic ring is 1. The van der Waals surface area contributed by atoms with E-state index in [2.05, 4.69) is 48.2 Å². The molecule has 0 saturated carbocycles. The van der Waals surface area contributed by atoms with Gasteiger partial charge in [0.25, 0.3) is 0 Å². The van der Waals surface area contributed by atoms with Gasteiger partial charge in [0, 0.05) is 24.5 Å². The molecule has 20 heavy (non-hydrogen) atoms. The summed E-state index contributed by atoms with van der Waals surface area (Å²) >= 11 is 0. The van der Waals surface area contributed by atoms with Crippen molar-refractivity contribution in [3.63, 3.8) is 0 Å². The van der Waals surface area contributed by atoms with E-state index < -0.39 is 0 Å². The van der Waals surface area contributed by atoms with Gasteiger partial charge in [0.1, 0.15) is 0 Å². The van der Waals surface area contributed by atoms with Crippen LogP contribution in [0.3, 0.4) is 0 Å². The van der Waals surface area contributed by atoms with Crippen LogP contribution >= 0.6 is 0 Å². The molecule has 1 atom stereocenters. The van der Waals surface area contributed by atoms with E-state index in [1.165, 1.54) is 23.2 Å². The lowest BCUT2D eigenvalue weighted by Gasteiger charge is -2.35. The first-order valence-corrected chi connectivity index (χ1v) is 7.39. The summed E-state index contributed by atoms with van der Waals surface area (Å²) in [6.45, 7) is 4.57. The molecule has 2 aromatic carbocycles. The molecule has 0 aliphatic carbocycles. The Balaban J connectivity index is 1.73. The maximum absolute atomic E-state index is 5.74. The molecule has 0 amide bonds. The van der Waals surface area contributed by atoms with Crippen LogP contribution in [0.1, 0.15) is 18.1 Å². The summed E-state index contributed by atoms with van der Waals surface area (Å²) in [6.07, 6.45) is 2.27. The van der Waals surface area contributed by atoms with E-state index in [0.29, 0.717) is 0 Å². The highest BCUT2D eigenvalue weighted by molar-refractivity contribution is 5.55. The molecule has 1 aliphatic rings. The van der Waals surface area contributed by atoms with Gasteiger partial charge in [0.2, 0.25) is 0 Å². The van der Waals surface area contributed by atoms with Gasteiger partial charge in [0.05, 0.1) is 0 Å². The molecular weight excluding hydrogens is 244 g/mol. The second kappa shape index (κ2) is 5.58. The first kappa shape index (κ1) is 13.0. The lowest BCUT2D eigenvalue weighted by molar-refractivity contribution is 0.532. The third-order valence-corrected chi connectivity index (χ3v) is 4.08. The maximum Gasteiger partial charge on any atom is 0.0399 e. The minimum atomic E-state index is 0.733. The minimum absolute atomic E-state index is 0.733. The monoisotopic (exact) mass is 266 g/mol. The number of hydrogen-bond donors (Lipinski definition) is 1. The zero-order valence-electron chi connectivity index (χ0n) is 12.0. The Bertz CT molecular complexity index is 574. The molecule has 0 spiro atoms. The molecule has 0 saturated heterocycles. The van der Waals surface area contributed by atoms with Gasteiger partial charge in [-0.15, -0.1) is 0 Å². The highest BCUT2D eigenvalue weighted by Crippen LogP contribution is 2.29. The summed E-state index contributed by atoms with van der Waals surface area (Å²) < 4.78 is 0. The predicted molar refractivity (Wildman–Crippen MR) is 86.1 cm³/mol. The number of nitrogens with zero attached hydrogens (tertiary/aromatic N) is 1. The zero-order valence-corrected chi connectivity index (χ0v) is 12.0. The average Bonchev–Trinajstić information content (AvgIpc) is 2.46. The van der Waals surface area contributed by atoms with Crippen molar-refractivity contribution in [1.29, 1.82) is 0 Å². The van der Waals surface area contributed by atoms with Crippen molar-refractivity contribution in [1.82, 2.24) is 0 Å². The lowest BCUT2D eigenvalue weighted by Crippen LogP contribution is -2.35. The van der Waals surface area contributed by atoms with Crippen LogP contribution in [0.5, 0.6) is 0 Å². The average molecular weight is 266 g/mol. The number of hydrogen-bond acceptors (Lipinski definition) is 2. The first-order chi connectivity index (χ1) is 9.72. The molecule has 0 radical (unpaired) electrons. The van der Waals surface area contributed by atoms with Gasteiger partial charge in [-0.05, 0) is 48.1 Å². The van der Waals surface area contributed by atoms with E-state index in [9.17, 15) is 0 Å². The van der Waals surface area contributed by atoms with E-state index in [1.807, 2.05) is 12.1 Å². The number of anilines is 2. The quantitative estimate of drug-likeness (QED) is 0.861. The van der Waals surface area contributed by atoms with Crippen LogP contribution in [-0.2, 0) is 12.8 Å². The number of nitrogens with two attached hydrogens (primary N) is 1. The third-order valence-electron chi connectivity index (χ3n) is 4.08. The van der Waals surface area contributed by atoms with Crippen molar-refractivity contribution in [2.24, 2.45) is 5.92 Å². The normalized spacial score (nSPS) is 17.9. The SMILES string of the molecule is CC1Cc2ccccc2N(CCc2ccc(N)cc2)C1. The van der Waals surface area contributed by atoms with Crippen LogP contribution in [0, 0.1) is 5.92 Å². The number of para-hydroxylation sites is 1. The Hall–Kier alpha value is -1.96. The molecule has 2 aromatic rings. The Labute approximate surface area is 121 Å². The molecule has 104 valence electrons. The van der Waals surface area contributed by atoms with Crippen LogP contribution in [0.2, 0.25) is 0 Å². The predicted octanol–water partition coefficient (Wildman–Crippen LogP) is 3.51. The molecule has 2 N–H and O–H groups in total. The fourth-order valence-corrected chi connectivity index (χ4v) is 3.07. The number of benzene rings is 2. The Morgan fingerprint density at radius 1 is 1.10 bits per heavy atom. The molecule has 1 aliphatic heterocycles. The zero-order chi connectivity index (χ0) is 13.9. The smallest absolute Gasteiger partial charge is 0.0399 e.